The summed E-state index contributed by atoms with van der Waals surface area (Å²) in [4.78, 5) is 0. The van der Waals surface area contributed by atoms with Crippen molar-refractivity contribution in [3.8, 4) is 0 Å². The van der Waals surface area contributed by atoms with Crippen LogP contribution in [0.4, 0.5) is 0 Å². The van der Waals surface area contributed by atoms with E-state index in [0.29, 0.717) is 10.8 Å². The molecular weight excluding hydrogens is 192 g/mol. The van der Waals surface area contributed by atoms with E-state index < -0.39 is 0 Å². The highest BCUT2D eigenvalue weighted by Gasteiger charge is 2.34. The fourth-order valence-corrected chi connectivity index (χ4v) is 3.31. The van der Waals surface area contributed by atoms with Crippen molar-refractivity contribution in [2.75, 3.05) is 0 Å². The Hall–Kier alpha value is 0. The molecule has 1 aliphatic carbocycles. The number of rotatable bonds is 2. The van der Waals surface area contributed by atoms with Gasteiger partial charge in [0.25, 0.3) is 0 Å². The van der Waals surface area contributed by atoms with Crippen LogP contribution < -0.4 is 0 Å². The van der Waals surface area contributed by atoms with Crippen molar-refractivity contribution in [1.29, 1.82) is 0 Å². The van der Waals surface area contributed by atoms with Gasteiger partial charge in [-0.1, -0.05) is 60.8 Å². The smallest absolute Gasteiger partial charge is 0.0337 e. The summed E-state index contributed by atoms with van der Waals surface area (Å²) in [5.41, 5.74) is 1.03. The summed E-state index contributed by atoms with van der Waals surface area (Å²) in [7, 11) is 0. The van der Waals surface area contributed by atoms with Gasteiger partial charge in [-0.05, 0) is 41.9 Å². The third-order valence-corrected chi connectivity index (χ3v) is 4.29. The van der Waals surface area contributed by atoms with Gasteiger partial charge in [-0.25, -0.2) is 0 Å². The van der Waals surface area contributed by atoms with Crippen LogP contribution in [0.25, 0.3) is 0 Å². The molecule has 0 bridgehead atoms. The molecule has 0 N–H and O–H groups in total. The maximum Gasteiger partial charge on any atom is -0.0337 e. The SMILES string of the molecule is CC(C)(C)CC[C@H]1CCCC[C@@H]1C(C)(C)C. The van der Waals surface area contributed by atoms with Crippen molar-refractivity contribution >= 4 is 0 Å². The van der Waals surface area contributed by atoms with E-state index in [0.717, 1.165) is 11.8 Å². The van der Waals surface area contributed by atoms with Crippen LogP contribution in [0.1, 0.15) is 80.1 Å². The second kappa shape index (κ2) is 5.10. The maximum absolute atomic E-state index is 2.44. The zero-order valence-corrected chi connectivity index (χ0v) is 12.4. The summed E-state index contributed by atoms with van der Waals surface area (Å²) in [6, 6.07) is 0. The van der Waals surface area contributed by atoms with Gasteiger partial charge in [-0.15, -0.1) is 0 Å². The van der Waals surface area contributed by atoms with E-state index in [2.05, 4.69) is 41.5 Å². The zero-order chi connectivity index (χ0) is 12.4. The molecule has 0 heteroatoms. The van der Waals surface area contributed by atoms with Gasteiger partial charge in [0.05, 0.1) is 0 Å². The molecule has 0 aromatic heterocycles. The highest BCUT2D eigenvalue weighted by Crippen LogP contribution is 2.44. The summed E-state index contributed by atoms with van der Waals surface area (Å²) >= 11 is 0. The van der Waals surface area contributed by atoms with Crippen LogP contribution in [0.3, 0.4) is 0 Å². The van der Waals surface area contributed by atoms with Gasteiger partial charge >= 0.3 is 0 Å². The Bertz CT molecular complexity index is 201. The lowest BCUT2D eigenvalue weighted by molar-refractivity contribution is 0.0924. The quantitative estimate of drug-likeness (QED) is 0.567. The second-order valence-electron chi connectivity index (χ2n) is 8.12. The van der Waals surface area contributed by atoms with Crippen LogP contribution in [0.15, 0.2) is 0 Å². The van der Waals surface area contributed by atoms with E-state index in [9.17, 15) is 0 Å². The average molecular weight is 224 g/mol. The van der Waals surface area contributed by atoms with Crippen molar-refractivity contribution in [3.63, 3.8) is 0 Å². The van der Waals surface area contributed by atoms with E-state index in [1.165, 1.54) is 38.5 Å². The molecule has 1 rings (SSSR count). The predicted molar refractivity (Wildman–Crippen MR) is 73.6 cm³/mol. The first-order chi connectivity index (χ1) is 7.20. The van der Waals surface area contributed by atoms with E-state index in [1.54, 1.807) is 0 Å². The van der Waals surface area contributed by atoms with Crippen LogP contribution in [-0.2, 0) is 0 Å². The fourth-order valence-electron chi connectivity index (χ4n) is 3.31. The molecule has 0 aliphatic heterocycles. The molecule has 0 nitrogen and oxygen atoms in total. The van der Waals surface area contributed by atoms with Gasteiger partial charge in [0, 0.05) is 0 Å². The van der Waals surface area contributed by atoms with Crippen LogP contribution in [0.5, 0.6) is 0 Å². The minimum atomic E-state index is 0.514. The molecular formula is C16H32. The van der Waals surface area contributed by atoms with E-state index in [1.807, 2.05) is 0 Å². The third kappa shape index (κ3) is 4.47. The molecule has 1 fully saturated rings. The van der Waals surface area contributed by atoms with Crippen LogP contribution >= 0.6 is 0 Å². The van der Waals surface area contributed by atoms with Crippen molar-refractivity contribution in [2.24, 2.45) is 22.7 Å². The van der Waals surface area contributed by atoms with Crippen LogP contribution in [0.2, 0.25) is 0 Å². The monoisotopic (exact) mass is 224 g/mol. The van der Waals surface area contributed by atoms with Gasteiger partial charge in [0.1, 0.15) is 0 Å². The van der Waals surface area contributed by atoms with Crippen molar-refractivity contribution in [1.82, 2.24) is 0 Å². The van der Waals surface area contributed by atoms with Crippen molar-refractivity contribution in [3.05, 3.63) is 0 Å². The summed E-state index contributed by atoms with van der Waals surface area (Å²) in [6.45, 7) is 14.4. The molecule has 1 saturated carbocycles. The van der Waals surface area contributed by atoms with E-state index >= 15 is 0 Å². The first-order valence-corrected chi connectivity index (χ1v) is 7.20. The third-order valence-electron chi connectivity index (χ3n) is 4.29. The molecule has 0 unspecified atom stereocenters. The van der Waals surface area contributed by atoms with Gasteiger partial charge in [-0.3, -0.25) is 0 Å². The Morgan fingerprint density at radius 1 is 0.875 bits per heavy atom. The molecule has 0 spiro atoms. The Morgan fingerprint density at radius 2 is 1.44 bits per heavy atom. The fraction of sp³-hybridized carbons (Fsp3) is 1.00. The van der Waals surface area contributed by atoms with Gasteiger partial charge in [-0.2, -0.15) is 0 Å². The van der Waals surface area contributed by atoms with Crippen molar-refractivity contribution in [2.45, 2.75) is 80.1 Å². The molecule has 1 aliphatic rings. The molecule has 16 heavy (non-hydrogen) atoms. The number of hydrogen-bond donors (Lipinski definition) is 0. The number of hydrogen-bond acceptors (Lipinski definition) is 0. The summed E-state index contributed by atoms with van der Waals surface area (Å²) in [5, 5.41) is 0. The van der Waals surface area contributed by atoms with Gasteiger partial charge < -0.3 is 0 Å². The molecule has 0 heterocycles. The van der Waals surface area contributed by atoms with Gasteiger partial charge in [0.15, 0.2) is 0 Å². The predicted octanol–water partition coefficient (Wildman–Crippen LogP) is 5.67. The molecule has 0 aromatic rings. The molecule has 0 radical (unpaired) electrons. The lowest BCUT2D eigenvalue weighted by atomic mass is 9.64. The Kier molecular flexibility index (Phi) is 4.49. The maximum atomic E-state index is 2.44. The highest BCUT2D eigenvalue weighted by atomic mass is 14.4. The lowest BCUT2D eigenvalue weighted by Gasteiger charge is -2.41. The first kappa shape index (κ1) is 14.1. The van der Waals surface area contributed by atoms with Crippen LogP contribution in [-0.4, -0.2) is 0 Å². The lowest BCUT2D eigenvalue weighted by Crippen LogP contribution is -2.31. The molecule has 0 amide bonds. The standard InChI is InChI=1S/C16H32/c1-15(2,3)12-11-13-9-7-8-10-14(13)16(4,5)6/h13-14H,7-12H2,1-6H3/t13-,14+/m1/s1. The first-order valence-electron chi connectivity index (χ1n) is 7.20. The highest BCUT2D eigenvalue weighted by molar-refractivity contribution is 4.84. The summed E-state index contributed by atoms with van der Waals surface area (Å²) in [6.07, 6.45) is 8.74. The van der Waals surface area contributed by atoms with Crippen molar-refractivity contribution < 1.29 is 0 Å². The normalized spacial score (nSPS) is 28.1. The topological polar surface area (TPSA) is 0 Å². The average Bonchev–Trinajstić information content (AvgIpc) is 2.12. The molecule has 96 valence electrons. The second-order valence-corrected chi connectivity index (χ2v) is 8.12. The molecule has 0 aromatic carbocycles. The minimum absolute atomic E-state index is 0.514. The minimum Gasteiger partial charge on any atom is -0.0602 e. The summed E-state index contributed by atoms with van der Waals surface area (Å²) in [5.74, 6) is 1.96. The van der Waals surface area contributed by atoms with Gasteiger partial charge in [0.2, 0.25) is 0 Å². The molecule has 2 atom stereocenters. The Labute approximate surface area is 103 Å². The van der Waals surface area contributed by atoms with Crippen LogP contribution in [0, 0.1) is 22.7 Å². The zero-order valence-electron chi connectivity index (χ0n) is 12.4. The summed E-state index contributed by atoms with van der Waals surface area (Å²) < 4.78 is 0. The Morgan fingerprint density at radius 3 is 1.94 bits per heavy atom. The van der Waals surface area contributed by atoms with E-state index in [4.69, 9.17) is 0 Å². The largest absolute Gasteiger partial charge is 0.0602 e. The van der Waals surface area contributed by atoms with E-state index in [-0.39, 0.29) is 0 Å². The Balaban J connectivity index is 2.54. The molecule has 0 saturated heterocycles.